The van der Waals surface area contributed by atoms with Crippen LogP contribution in [0.2, 0.25) is 0 Å². The number of rotatable bonds is 7. The van der Waals surface area contributed by atoms with Crippen molar-refractivity contribution in [1.82, 2.24) is 10.6 Å². The topological polar surface area (TPSA) is 67.4 Å². The van der Waals surface area contributed by atoms with E-state index in [0.29, 0.717) is 13.0 Å². The van der Waals surface area contributed by atoms with Crippen LogP contribution in [0.15, 0.2) is 0 Å². The Morgan fingerprint density at radius 3 is 2.62 bits per heavy atom. The lowest BCUT2D eigenvalue weighted by Gasteiger charge is -2.16. The number of thioether (sulfide) groups is 1. The monoisotopic (exact) mass is 248 g/mol. The number of carbonyl (C=O) groups excluding carboxylic acids is 2. The predicted octanol–water partition coefficient (Wildman–Crippen LogP) is 0.990. The van der Waals surface area contributed by atoms with Crippen LogP contribution in [-0.2, 0) is 9.53 Å². The van der Waals surface area contributed by atoms with Crippen LogP contribution in [-0.4, -0.2) is 43.7 Å². The second-order valence-electron chi connectivity index (χ2n) is 3.26. The summed E-state index contributed by atoms with van der Waals surface area (Å²) in [5.41, 5.74) is 0. The molecule has 0 unspecified atom stereocenters. The zero-order valence-electron chi connectivity index (χ0n) is 10.0. The summed E-state index contributed by atoms with van der Waals surface area (Å²) in [4.78, 5) is 22.7. The molecule has 0 rings (SSSR count). The van der Waals surface area contributed by atoms with Gasteiger partial charge >= 0.3 is 12.0 Å². The van der Waals surface area contributed by atoms with Gasteiger partial charge < -0.3 is 15.4 Å². The maximum absolute atomic E-state index is 11.4. The second-order valence-corrected chi connectivity index (χ2v) is 4.24. The molecule has 2 amide bonds. The van der Waals surface area contributed by atoms with Gasteiger partial charge in [-0.05, 0) is 24.9 Å². The third kappa shape index (κ3) is 6.55. The van der Waals surface area contributed by atoms with Crippen LogP contribution in [0.1, 0.15) is 19.8 Å². The number of urea groups is 1. The molecule has 0 saturated carbocycles. The Morgan fingerprint density at radius 2 is 2.12 bits per heavy atom. The standard InChI is InChI=1S/C10H20N2O3S/c1-4-6-11-10(14)12-8(5-7-16-3)9(13)15-2/h8H,4-7H2,1-3H3,(H2,11,12,14)/t8-/m0/s1. The average molecular weight is 248 g/mol. The highest BCUT2D eigenvalue weighted by Gasteiger charge is 2.20. The van der Waals surface area contributed by atoms with Crippen molar-refractivity contribution < 1.29 is 14.3 Å². The normalized spacial score (nSPS) is 11.7. The van der Waals surface area contributed by atoms with Crippen molar-refractivity contribution in [2.24, 2.45) is 0 Å². The summed E-state index contributed by atoms with van der Waals surface area (Å²) in [7, 11) is 1.32. The number of methoxy groups -OCH3 is 1. The summed E-state index contributed by atoms with van der Waals surface area (Å²) in [6.07, 6.45) is 3.39. The van der Waals surface area contributed by atoms with E-state index in [0.717, 1.165) is 12.2 Å². The van der Waals surface area contributed by atoms with E-state index < -0.39 is 12.0 Å². The number of hydrogen-bond donors (Lipinski definition) is 2. The van der Waals surface area contributed by atoms with Gasteiger partial charge in [0.15, 0.2) is 0 Å². The van der Waals surface area contributed by atoms with Gasteiger partial charge in [-0.25, -0.2) is 9.59 Å². The van der Waals surface area contributed by atoms with Crippen LogP contribution in [0.5, 0.6) is 0 Å². The minimum atomic E-state index is -0.561. The Hall–Kier alpha value is -0.910. The first kappa shape index (κ1) is 15.1. The van der Waals surface area contributed by atoms with E-state index >= 15 is 0 Å². The minimum absolute atomic E-state index is 0.321. The van der Waals surface area contributed by atoms with Gasteiger partial charge in [0.1, 0.15) is 6.04 Å². The van der Waals surface area contributed by atoms with Crippen molar-refractivity contribution in [3.05, 3.63) is 0 Å². The Kier molecular flexibility index (Phi) is 8.80. The van der Waals surface area contributed by atoms with Gasteiger partial charge in [0, 0.05) is 6.54 Å². The van der Waals surface area contributed by atoms with Crippen molar-refractivity contribution in [3.8, 4) is 0 Å². The van der Waals surface area contributed by atoms with Crippen molar-refractivity contribution >= 4 is 23.8 Å². The summed E-state index contributed by atoms with van der Waals surface area (Å²) in [6.45, 7) is 2.56. The van der Waals surface area contributed by atoms with E-state index in [2.05, 4.69) is 15.4 Å². The summed E-state index contributed by atoms with van der Waals surface area (Å²) in [5, 5.41) is 5.25. The molecule has 5 nitrogen and oxygen atoms in total. The van der Waals surface area contributed by atoms with Crippen LogP contribution in [0.4, 0.5) is 4.79 Å². The smallest absolute Gasteiger partial charge is 0.328 e. The number of amides is 2. The van der Waals surface area contributed by atoms with E-state index in [1.54, 1.807) is 11.8 Å². The molecule has 16 heavy (non-hydrogen) atoms. The molecule has 2 N–H and O–H groups in total. The number of carbonyl (C=O) groups is 2. The molecule has 0 aromatic carbocycles. The minimum Gasteiger partial charge on any atom is -0.467 e. The van der Waals surface area contributed by atoms with Crippen molar-refractivity contribution in [3.63, 3.8) is 0 Å². The fraction of sp³-hybridized carbons (Fsp3) is 0.800. The van der Waals surface area contributed by atoms with Crippen LogP contribution >= 0.6 is 11.8 Å². The van der Waals surface area contributed by atoms with E-state index in [-0.39, 0.29) is 6.03 Å². The van der Waals surface area contributed by atoms with Crippen LogP contribution in [0.3, 0.4) is 0 Å². The number of nitrogens with one attached hydrogen (secondary N) is 2. The lowest BCUT2D eigenvalue weighted by molar-refractivity contribution is -0.142. The largest absolute Gasteiger partial charge is 0.467 e. The molecule has 1 atom stereocenters. The Bertz CT molecular complexity index is 224. The zero-order valence-corrected chi connectivity index (χ0v) is 10.9. The van der Waals surface area contributed by atoms with E-state index in [1.165, 1.54) is 7.11 Å². The molecule has 0 radical (unpaired) electrons. The quantitative estimate of drug-likeness (QED) is 0.659. The van der Waals surface area contributed by atoms with Gasteiger partial charge in [0.25, 0.3) is 0 Å². The molecule has 0 fully saturated rings. The Morgan fingerprint density at radius 1 is 1.44 bits per heavy atom. The predicted molar refractivity (Wildman–Crippen MR) is 65.6 cm³/mol. The van der Waals surface area contributed by atoms with Gasteiger partial charge in [-0.2, -0.15) is 11.8 Å². The number of ether oxygens (including phenoxy) is 1. The first-order chi connectivity index (χ1) is 7.65. The van der Waals surface area contributed by atoms with Crippen molar-refractivity contribution in [1.29, 1.82) is 0 Å². The highest BCUT2D eigenvalue weighted by Crippen LogP contribution is 2.02. The molecule has 0 spiro atoms. The summed E-state index contributed by atoms with van der Waals surface area (Å²) >= 11 is 1.62. The van der Waals surface area contributed by atoms with Crippen LogP contribution < -0.4 is 10.6 Å². The van der Waals surface area contributed by atoms with Gasteiger partial charge in [0.2, 0.25) is 0 Å². The highest BCUT2D eigenvalue weighted by atomic mass is 32.2. The molecule has 0 aliphatic carbocycles. The molecule has 6 heteroatoms. The summed E-state index contributed by atoms with van der Waals surface area (Å²) in [5.74, 6) is 0.397. The lowest BCUT2D eigenvalue weighted by Crippen LogP contribution is -2.46. The highest BCUT2D eigenvalue weighted by molar-refractivity contribution is 7.98. The molecule has 0 aliphatic heterocycles. The fourth-order valence-corrected chi connectivity index (χ4v) is 1.55. The molecule has 0 aliphatic rings. The van der Waals surface area contributed by atoms with Gasteiger partial charge in [-0.3, -0.25) is 0 Å². The molecule has 0 saturated heterocycles. The SMILES string of the molecule is CCCNC(=O)N[C@@H](CCSC)C(=O)OC. The van der Waals surface area contributed by atoms with Crippen molar-refractivity contribution in [2.75, 3.05) is 25.7 Å². The van der Waals surface area contributed by atoms with Gasteiger partial charge in [-0.15, -0.1) is 0 Å². The average Bonchev–Trinajstić information content (AvgIpc) is 2.30. The van der Waals surface area contributed by atoms with E-state index in [9.17, 15) is 9.59 Å². The Balaban J connectivity index is 4.08. The fourth-order valence-electron chi connectivity index (χ4n) is 1.07. The van der Waals surface area contributed by atoms with Gasteiger partial charge in [0.05, 0.1) is 7.11 Å². The maximum atomic E-state index is 11.4. The third-order valence-corrected chi connectivity index (χ3v) is 2.58. The molecule has 0 aromatic rings. The van der Waals surface area contributed by atoms with E-state index in [4.69, 9.17) is 0 Å². The first-order valence-corrected chi connectivity index (χ1v) is 6.66. The second kappa shape index (κ2) is 9.33. The first-order valence-electron chi connectivity index (χ1n) is 5.26. The number of esters is 1. The molecule has 0 aromatic heterocycles. The number of hydrogen-bond acceptors (Lipinski definition) is 4. The molecule has 0 bridgehead atoms. The maximum Gasteiger partial charge on any atom is 0.328 e. The lowest BCUT2D eigenvalue weighted by atomic mass is 10.2. The van der Waals surface area contributed by atoms with Gasteiger partial charge in [-0.1, -0.05) is 6.92 Å². The Labute approximate surface area is 101 Å². The van der Waals surface area contributed by atoms with Crippen molar-refractivity contribution in [2.45, 2.75) is 25.8 Å². The van der Waals surface area contributed by atoms with Crippen LogP contribution in [0.25, 0.3) is 0 Å². The third-order valence-electron chi connectivity index (χ3n) is 1.94. The molecular weight excluding hydrogens is 228 g/mol. The summed E-state index contributed by atoms with van der Waals surface area (Å²) in [6, 6.07) is -0.882. The zero-order chi connectivity index (χ0) is 12.4. The van der Waals surface area contributed by atoms with E-state index in [1.807, 2.05) is 13.2 Å². The molecule has 0 heterocycles. The summed E-state index contributed by atoms with van der Waals surface area (Å²) < 4.78 is 4.62. The molecule has 94 valence electrons. The van der Waals surface area contributed by atoms with Crippen LogP contribution in [0, 0.1) is 0 Å². The molecular formula is C10H20N2O3S.